The van der Waals surface area contributed by atoms with Crippen molar-refractivity contribution in [3.8, 4) is 5.75 Å². The molecule has 294 valence electrons. The van der Waals surface area contributed by atoms with Crippen LogP contribution in [0.4, 0.5) is 10.1 Å². The van der Waals surface area contributed by atoms with E-state index in [0.29, 0.717) is 86.7 Å². The van der Waals surface area contributed by atoms with E-state index >= 15 is 0 Å². The van der Waals surface area contributed by atoms with E-state index in [0.717, 1.165) is 36.0 Å². The number of aryl methyl sites for hydroxylation is 1. The number of rotatable bonds is 11. The molecular weight excluding hydrogens is 730 g/mol. The number of hydrogen-bond acceptors (Lipinski definition) is 10. The van der Waals surface area contributed by atoms with Crippen LogP contribution in [0.15, 0.2) is 71.8 Å². The van der Waals surface area contributed by atoms with Gasteiger partial charge in [-0.2, -0.15) is 9.50 Å². The summed E-state index contributed by atoms with van der Waals surface area (Å²) in [7, 11) is 0. The Morgan fingerprint density at radius 3 is 2.46 bits per heavy atom. The Balaban J connectivity index is 0.969. The summed E-state index contributed by atoms with van der Waals surface area (Å²) < 4.78 is 28.4. The SMILES string of the molecule is CCc1c(N2CCN(C(=O)c3ncnc(C)c3OCc3ccccc3)CC2)c(=O)n2nc(C3=CCOCC3)nc2n1CC(=O)NC12CC(c3ccc(F)cc3)(C1)C2. The van der Waals surface area contributed by atoms with Crippen LogP contribution in [0.3, 0.4) is 0 Å². The first kappa shape index (κ1) is 36.7. The largest absolute Gasteiger partial charge is 0.485 e. The molecule has 5 aromatic rings. The maximum atomic E-state index is 14.5. The standard InChI is InChI=1S/C42H44FN9O5/c1-3-32-35(49-15-17-50(18-16-49)38(54)34-36(27(2)44-26-45-34)57-22-28-7-5-4-6-8-28)39(55)52-40(46-37(48-52)29-13-19-56-20-14-29)51(32)21-33(53)47-42-23-41(24-42,25-42)30-9-11-31(43)12-10-30/h4-13,26H,3,14-25H2,1-2H3,(H,47,53). The molecule has 10 rings (SSSR count). The maximum absolute atomic E-state index is 14.5. The molecule has 4 fully saturated rings. The molecule has 2 bridgehead atoms. The maximum Gasteiger partial charge on any atom is 0.299 e. The van der Waals surface area contributed by atoms with Crippen molar-refractivity contribution < 1.29 is 23.5 Å². The number of nitrogens with zero attached hydrogens (tertiary/aromatic N) is 8. The van der Waals surface area contributed by atoms with Crippen molar-refractivity contribution in [2.24, 2.45) is 0 Å². The number of benzene rings is 2. The van der Waals surface area contributed by atoms with Gasteiger partial charge in [-0.1, -0.05) is 55.5 Å². The Bertz CT molecular complexity index is 2440. The molecule has 2 aliphatic heterocycles. The molecule has 15 heteroatoms. The normalized spacial score (nSPS) is 21.4. The molecule has 0 atom stereocenters. The van der Waals surface area contributed by atoms with Gasteiger partial charge in [-0.05, 0) is 67.9 Å². The van der Waals surface area contributed by atoms with Gasteiger partial charge >= 0.3 is 0 Å². The first-order valence-corrected chi connectivity index (χ1v) is 19.6. The van der Waals surface area contributed by atoms with Crippen LogP contribution in [-0.4, -0.2) is 90.8 Å². The summed E-state index contributed by atoms with van der Waals surface area (Å²) in [6.07, 6.45) is 6.75. The lowest BCUT2D eigenvalue weighted by atomic mass is 9.37. The molecule has 3 aliphatic carbocycles. The van der Waals surface area contributed by atoms with E-state index in [1.807, 2.05) is 64.9 Å². The number of halogens is 1. The van der Waals surface area contributed by atoms with Crippen LogP contribution in [0.5, 0.6) is 5.75 Å². The van der Waals surface area contributed by atoms with E-state index in [2.05, 4.69) is 15.3 Å². The average molecular weight is 774 g/mol. The van der Waals surface area contributed by atoms with Crippen molar-refractivity contribution in [1.29, 1.82) is 0 Å². The summed E-state index contributed by atoms with van der Waals surface area (Å²) in [5, 5.41) is 8.00. The number of ether oxygens (including phenoxy) is 2. The number of piperazine rings is 1. The van der Waals surface area contributed by atoms with Gasteiger partial charge in [-0.15, -0.1) is 5.10 Å². The molecule has 1 saturated heterocycles. The third-order valence-corrected chi connectivity index (χ3v) is 11.9. The topological polar surface area (TPSA) is 149 Å². The quantitative estimate of drug-likeness (QED) is 0.209. The molecule has 57 heavy (non-hydrogen) atoms. The third-order valence-electron chi connectivity index (χ3n) is 11.9. The summed E-state index contributed by atoms with van der Waals surface area (Å²) in [5.74, 6) is 0.371. The molecule has 0 radical (unpaired) electrons. The van der Waals surface area contributed by atoms with E-state index in [1.54, 1.807) is 11.8 Å². The molecule has 14 nitrogen and oxygen atoms in total. The number of hydrogen-bond donors (Lipinski definition) is 1. The molecule has 5 heterocycles. The molecular formula is C42H44FN9O5. The van der Waals surface area contributed by atoms with Crippen LogP contribution < -0.4 is 20.5 Å². The highest BCUT2D eigenvalue weighted by molar-refractivity contribution is 5.95. The van der Waals surface area contributed by atoms with Gasteiger partial charge in [0.05, 0.1) is 24.6 Å². The van der Waals surface area contributed by atoms with Gasteiger partial charge < -0.3 is 29.2 Å². The minimum atomic E-state index is -0.326. The van der Waals surface area contributed by atoms with Gasteiger partial charge in [0.1, 0.15) is 31.0 Å². The van der Waals surface area contributed by atoms with Crippen molar-refractivity contribution in [2.45, 2.75) is 70.1 Å². The van der Waals surface area contributed by atoms with Crippen LogP contribution in [0.25, 0.3) is 11.4 Å². The summed E-state index contributed by atoms with van der Waals surface area (Å²) >= 11 is 0. The van der Waals surface area contributed by atoms with Gasteiger partial charge in [-0.3, -0.25) is 14.4 Å². The third kappa shape index (κ3) is 6.62. The van der Waals surface area contributed by atoms with E-state index in [-0.39, 0.29) is 53.0 Å². The summed E-state index contributed by atoms with van der Waals surface area (Å²) in [6.45, 7) is 6.32. The zero-order valence-corrected chi connectivity index (χ0v) is 32.0. The zero-order chi connectivity index (χ0) is 39.3. The molecule has 5 aliphatic rings. The van der Waals surface area contributed by atoms with Crippen molar-refractivity contribution >= 4 is 28.9 Å². The fourth-order valence-electron chi connectivity index (χ4n) is 9.10. The molecule has 2 aromatic carbocycles. The zero-order valence-electron chi connectivity index (χ0n) is 32.0. The van der Waals surface area contributed by atoms with Gasteiger partial charge in [-0.25, -0.2) is 14.4 Å². The summed E-state index contributed by atoms with van der Waals surface area (Å²) in [6, 6.07) is 16.4. The van der Waals surface area contributed by atoms with Crippen molar-refractivity contribution in [3.05, 3.63) is 117 Å². The number of amides is 2. The van der Waals surface area contributed by atoms with Crippen LogP contribution in [-0.2, 0) is 34.5 Å². The van der Waals surface area contributed by atoms with Crippen LogP contribution in [0.2, 0.25) is 0 Å². The number of carbonyl (C=O) groups is 2. The van der Waals surface area contributed by atoms with Crippen molar-refractivity contribution in [2.75, 3.05) is 44.3 Å². The molecule has 1 N–H and O–H groups in total. The number of nitrogens with one attached hydrogen (secondary N) is 1. The van der Waals surface area contributed by atoms with Crippen LogP contribution >= 0.6 is 0 Å². The minimum Gasteiger partial charge on any atom is -0.485 e. The van der Waals surface area contributed by atoms with Gasteiger partial charge in [0.15, 0.2) is 17.3 Å². The first-order chi connectivity index (χ1) is 27.7. The fraction of sp³-hybridized carbons (Fsp3) is 0.405. The van der Waals surface area contributed by atoms with Crippen molar-refractivity contribution in [3.63, 3.8) is 0 Å². The second kappa shape index (κ2) is 14.5. The Morgan fingerprint density at radius 1 is 1.00 bits per heavy atom. The highest BCUT2D eigenvalue weighted by Crippen LogP contribution is 2.67. The summed E-state index contributed by atoms with van der Waals surface area (Å²) in [4.78, 5) is 59.5. The molecule has 3 aromatic heterocycles. The lowest BCUT2D eigenvalue weighted by Crippen LogP contribution is -2.76. The molecule has 2 amide bonds. The van der Waals surface area contributed by atoms with Crippen LogP contribution in [0, 0.1) is 12.7 Å². The Kier molecular flexibility index (Phi) is 9.34. The highest BCUT2D eigenvalue weighted by Gasteiger charge is 2.68. The van der Waals surface area contributed by atoms with Crippen molar-refractivity contribution in [1.82, 2.24) is 39.3 Å². The Morgan fingerprint density at radius 2 is 1.75 bits per heavy atom. The second-order valence-corrected chi connectivity index (χ2v) is 15.6. The monoisotopic (exact) mass is 773 g/mol. The number of anilines is 1. The highest BCUT2D eigenvalue weighted by atomic mass is 19.1. The lowest BCUT2D eigenvalue weighted by Gasteiger charge is -2.71. The van der Waals surface area contributed by atoms with E-state index in [4.69, 9.17) is 19.6 Å². The second-order valence-electron chi connectivity index (χ2n) is 15.6. The molecule has 0 spiro atoms. The Labute approximate surface area is 328 Å². The molecule has 0 unspecified atom stereocenters. The van der Waals surface area contributed by atoms with E-state index in [1.165, 1.54) is 23.0 Å². The van der Waals surface area contributed by atoms with E-state index < -0.39 is 0 Å². The molecule has 3 saturated carbocycles. The van der Waals surface area contributed by atoms with Gasteiger partial charge in [0.25, 0.3) is 11.5 Å². The van der Waals surface area contributed by atoms with Gasteiger partial charge in [0.2, 0.25) is 11.7 Å². The smallest absolute Gasteiger partial charge is 0.299 e. The first-order valence-electron chi connectivity index (χ1n) is 19.6. The Hall–Kier alpha value is -5.96. The number of aromatic nitrogens is 6. The number of carbonyl (C=O) groups excluding carboxylic acids is 2. The average Bonchev–Trinajstić information content (AvgIpc) is 3.66. The van der Waals surface area contributed by atoms with Gasteiger partial charge in [0, 0.05) is 37.1 Å². The lowest BCUT2D eigenvalue weighted by molar-refractivity contribution is -0.138. The fourth-order valence-corrected chi connectivity index (χ4v) is 9.10. The summed E-state index contributed by atoms with van der Waals surface area (Å²) in [5.41, 5.74) is 4.16. The predicted octanol–water partition coefficient (Wildman–Crippen LogP) is 4.03. The van der Waals surface area contributed by atoms with Crippen LogP contribution in [0.1, 0.15) is 71.4 Å². The predicted molar refractivity (Wildman–Crippen MR) is 209 cm³/mol. The van der Waals surface area contributed by atoms with E-state index in [9.17, 15) is 18.8 Å². The minimum absolute atomic E-state index is 0.0285. The number of fused-ring (bicyclic) bond motifs is 1.